The van der Waals surface area contributed by atoms with Crippen molar-refractivity contribution in [2.75, 3.05) is 14.2 Å². The fourth-order valence-electron chi connectivity index (χ4n) is 2.13. The van der Waals surface area contributed by atoms with Gasteiger partial charge in [0, 0.05) is 5.92 Å². The topological polar surface area (TPSA) is 35.5 Å². The summed E-state index contributed by atoms with van der Waals surface area (Å²) in [7, 11) is 3.14. The first-order valence-electron chi connectivity index (χ1n) is 6.48. The Morgan fingerprint density at radius 2 is 1.70 bits per heavy atom. The van der Waals surface area contributed by atoms with Crippen molar-refractivity contribution in [3.8, 4) is 11.5 Å². The number of ether oxygens (including phenoxy) is 2. The van der Waals surface area contributed by atoms with Crippen LogP contribution in [-0.4, -0.2) is 20.0 Å². The Morgan fingerprint density at radius 1 is 1.00 bits per heavy atom. The summed E-state index contributed by atoms with van der Waals surface area (Å²) in [5.74, 6) is 1.01. The van der Waals surface area contributed by atoms with Gasteiger partial charge in [-0.1, -0.05) is 37.3 Å². The zero-order valence-electron chi connectivity index (χ0n) is 11.9. The molecule has 2 aromatic carbocycles. The summed E-state index contributed by atoms with van der Waals surface area (Å²) in [6, 6.07) is 15.0. The lowest BCUT2D eigenvalue weighted by Gasteiger charge is -2.14. The second-order valence-corrected chi connectivity index (χ2v) is 4.56. The molecule has 1 atom stereocenters. The van der Waals surface area contributed by atoms with E-state index in [1.165, 1.54) is 0 Å². The van der Waals surface area contributed by atoms with Gasteiger partial charge in [0.25, 0.3) is 0 Å². The predicted molar refractivity (Wildman–Crippen MR) is 78.7 cm³/mol. The number of carbonyl (C=O) groups is 1. The summed E-state index contributed by atoms with van der Waals surface area (Å²) in [5.41, 5.74) is 1.53. The number of hydrogen-bond acceptors (Lipinski definition) is 3. The van der Waals surface area contributed by atoms with Crippen molar-refractivity contribution in [3.05, 3.63) is 59.7 Å². The van der Waals surface area contributed by atoms with Crippen LogP contribution in [0.3, 0.4) is 0 Å². The Labute approximate surface area is 119 Å². The summed E-state index contributed by atoms with van der Waals surface area (Å²) >= 11 is 0. The van der Waals surface area contributed by atoms with Crippen molar-refractivity contribution in [1.29, 1.82) is 0 Å². The Morgan fingerprint density at radius 3 is 2.30 bits per heavy atom. The summed E-state index contributed by atoms with van der Waals surface area (Å²) < 4.78 is 10.5. The summed E-state index contributed by atoms with van der Waals surface area (Å²) in [4.78, 5) is 12.7. The molecule has 0 aliphatic carbocycles. The van der Waals surface area contributed by atoms with E-state index in [-0.39, 0.29) is 11.7 Å². The number of rotatable bonds is 5. The minimum Gasteiger partial charge on any atom is -0.497 e. The monoisotopic (exact) mass is 270 g/mol. The first-order chi connectivity index (χ1) is 9.67. The number of ketones is 1. The molecule has 104 valence electrons. The highest BCUT2D eigenvalue weighted by Gasteiger charge is 2.21. The molecule has 3 heteroatoms. The molecule has 0 amide bonds. The summed E-state index contributed by atoms with van der Waals surface area (Å²) in [5, 5.41) is 0. The second kappa shape index (κ2) is 6.24. The Hall–Kier alpha value is -2.29. The van der Waals surface area contributed by atoms with Gasteiger partial charge in [-0.05, 0) is 23.8 Å². The van der Waals surface area contributed by atoms with Crippen LogP contribution in [0.5, 0.6) is 11.5 Å². The van der Waals surface area contributed by atoms with Gasteiger partial charge in [-0.15, -0.1) is 0 Å². The van der Waals surface area contributed by atoms with Crippen LogP contribution in [0.1, 0.15) is 28.8 Å². The van der Waals surface area contributed by atoms with Crippen molar-refractivity contribution in [2.24, 2.45) is 0 Å². The smallest absolute Gasteiger partial charge is 0.173 e. The van der Waals surface area contributed by atoms with Crippen LogP contribution in [-0.2, 0) is 0 Å². The SMILES string of the molecule is COc1ccc(OC)c(C(=O)C(C)c2ccccc2)c1. The van der Waals surface area contributed by atoms with Crippen LogP contribution in [0.15, 0.2) is 48.5 Å². The van der Waals surface area contributed by atoms with Crippen molar-refractivity contribution in [3.63, 3.8) is 0 Å². The van der Waals surface area contributed by atoms with E-state index in [0.717, 1.165) is 5.56 Å². The molecule has 0 spiro atoms. The first kappa shape index (κ1) is 14.1. The van der Waals surface area contributed by atoms with Gasteiger partial charge >= 0.3 is 0 Å². The predicted octanol–water partition coefficient (Wildman–Crippen LogP) is 3.69. The van der Waals surface area contributed by atoms with Crippen LogP contribution >= 0.6 is 0 Å². The van der Waals surface area contributed by atoms with E-state index in [1.807, 2.05) is 37.3 Å². The molecule has 0 aromatic heterocycles. The molecule has 3 nitrogen and oxygen atoms in total. The zero-order chi connectivity index (χ0) is 14.5. The molecule has 0 fully saturated rings. The fraction of sp³-hybridized carbons (Fsp3) is 0.235. The molecule has 1 unspecified atom stereocenters. The van der Waals surface area contributed by atoms with E-state index in [4.69, 9.17) is 9.47 Å². The highest BCUT2D eigenvalue weighted by Crippen LogP contribution is 2.29. The van der Waals surface area contributed by atoms with Crippen molar-refractivity contribution in [2.45, 2.75) is 12.8 Å². The standard InChI is InChI=1S/C17H18O3/c1-12(13-7-5-4-6-8-13)17(18)15-11-14(19-2)9-10-16(15)20-3/h4-12H,1-3H3. The largest absolute Gasteiger partial charge is 0.497 e. The zero-order valence-corrected chi connectivity index (χ0v) is 11.9. The van der Waals surface area contributed by atoms with E-state index in [0.29, 0.717) is 17.1 Å². The van der Waals surface area contributed by atoms with Gasteiger partial charge in [-0.2, -0.15) is 0 Å². The summed E-state index contributed by atoms with van der Waals surface area (Å²) in [6.07, 6.45) is 0. The second-order valence-electron chi connectivity index (χ2n) is 4.56. The van der Waals surface area contributed by atoms with Gasteiger partial charge in [-0.3, -0.25) is 4.79 Å². The normalized spacial score (nSPS) is 11.8. The minimum atomic E-state index is -0.225. The van der Waals surface area contributed by atoms with Crippen LogP contribution < -0.4 is 9.47 Å². The molecule has 2 rings (SSSR count). The number of benzene rings is 2. The molecular formula is C17H18O3. The van der Waals surface area contributed by atoms with Crippen LogP contribution in [0.2, 0.25) is 0 Å². The highest BCUT2D eigenvalue weighted by molar-refractivity contribution is 6.03. The lowest BCUT2D eigenvalue weighted by atomic mass is 9.92. The molecule has 0 saturated carbocycles. The molecule has 0 aliphatic rings. The maximum atomic E-state index is 12.7. The molecule has 0 saturated heterocycles. The van der Waals surface area contributed by atoms with E-state index < -0.39 is 0 Å². The molecular weight excluding hydrogens is 252 g/mol. The molecule has 0 heterocycles. The van der Waals surface area contributed by atoms with Crippen LogP contribution in [0.4, 0.5) is 0 Å². The van der Waals surface area contributed by atoms with Gasteiger partial charge in [0.15, 0.2) is 5.78 Å². The fourth-order valence-corrected chi connectivity index (χ4v) is 2.13. The van der Waals surface area contributed by atoms with Gasteiger partial charge in [0.1, 0.15) is 11.5 Å². The van der Waals surface area contributed by atoms with E-state index >= 15 is 0 Å². The lowest BCUT2D eigenvalue weighted by Crippen LogP contribution is -2.11. The Bertz CT molecular complexity index is 590. The maximum absolute atomic E-state index is 12.7. The molecule has 0 N–H and O–H groups in total. The number of hydrogen-bond donors (Lipinski definition) is 0. The third-order valence-corrected chi connectivity index (χ3v) is 3.36. The van der Waals surface area contributed by atoms with Crippen molar-refractivity contribution >= 4 is 5.78 Å². The highest BCUT2D eigenvalue weighted by atomic mass is 16.5. The first-order valence-corrected chi connectivity index (χ1v) is 6.48. The van der Waals surface area contributed by atoms with E-state index in [9.17, 15) is 4.79 Å². The quantitative estimate of drug-likeness (QED) is 0.777. The Kier molecular flexibility index (Phi) is 4.41. The molecule has 2 aromatic rings. The van der Waals surface area contributed by atoms with Crippen LogP contribution in [0, 0.1) is 0 Å². The van der Waals surface area contributed by atoms with E-state index in [2.05, 4.69) is 0 Å². The number of methoxy groups -OCH3 is 2. The number of carbonyl (C=O) groups excluding carboxylic acids is 1. The molecule has 20 heavy (non-hydrogen) atoms. The van der Waals surface area contributed by atoms with Crippen LogP contribution in [0.25, 0.3) is 0 Å². The maximum Gasteiger partial charge on any atom is 0.173 e. The molecule has 0 bridgehead atoms. The average Bonchev–Trinajstić information content (AvgIpc) is 2.53. The van der Waals surface area contributed by atoms with Crippen molar-refractivity contribution in [1.82, 2.24) is 0 Å². The van der Waals surface area contributed by atoms with Gasteiger partial charge in [0.05, 0.1) is 19.8 Å². The third kappa shape index (κ3) is 2.82. The molecule has 0 radical (unpaired) electrons. The minimum absolute atomic E-state index is 0.0203. The number of Topliss-reactive ketones (excluding diaryl/α,β-unsaturated/α-hetero) is 1. The summed E-state index contributed by atoms with van der Waals surface area (Å²) in [6.45, 7) is 1.90. The Balaban J connectivity index is 2.37. The average molecular weight is 270 g/mol. The van der Waals surface area contributed by atoms with Gasteiger partial charge < -0.3 is 9.47 Å². The van der Waals surface area contributed by atoms with Crippen molar-refractivity contribution < 1.29 is 14.3 Å². The van der Waals surface area contributed by atoms with E-state index in [1.54, 1.807) is 32.4 Å². The lowest BCUT2D eigenvalue weighted by molar-refractivity contribution is 0.0962. The van der Waals surface area contributed by atoms with Gasteiger partial charge in [0.2, 0.25) is 0 Å². The molecule has 0 aliphatic heterocycles. The van der Waals surface area contributed by atoms with Gasteiger partial charge in [-0.25, -0.2) is 0 Å². The third-order valence-electron chi connectivity index (χ3n) is 3.36.